The predicted octanol–water partition coefficient (Wildman–Crippen LogP) is 15.4. The zero-order valence-corrected chi connectivity index (χ0v) is 35.9. The average molecular weight is 820 g/mol. The Labute approximate surface area is 339 Å². The van der Waals surface area contributed by atoms with Crippen LogP contribution in [0.5, 0.6) is 11.5 Å². The summed E-state index contributed by atoms with van der Waals surface area (Å²) in [5.74, 6) is 0.0478. The highest BCUT2D eigenvalue weighted by atomic mass is 32.1. The second-order valence-corrected chi connectivity index (χ2v) is 19.1. The van der Waals surface area contributed by atoms with E-state index in [4.69, 9.17) is 19.7 Å². The van der Waals surface area contributed by atoms with Gasteiger partial charge in [-0.05, 0) is 69.5 Å². The largest absolute Gasteiger partial charge is 0.491 e. The van der Waals surface area contributed by atoms with Crippen LogP contribution in [0.2, 0.25) is 0 Å². The SMILES string of the molecule is CCCCCCCCCCn1nc2c(-c3ccc(C)s3)c(F)c(F)c(-c3ccc(-c4cc5c(OCCCC)c6sc(C)cc6c(OCCCC)c5s4)s3)c2n1. The summed E-state index contributed by atoms with van der Waals surface area (Å²) in [6.45, 7) is 12.6. The van der Waals surface area contributed by atoms with Crippen molar-refractivity contribution in [2.24, 2.45) is 0 Å². The van der Waals surface area contributed by atoms with E-state index < -0.39 is 11.6 Å². The monoisotopic (exact) mass is 819 g/mol. The highest BCUT2D eigenvalue weighted by molar-refractivity contribution is 7.27. The molecule has 0 fully saturated rings. The third kappa shape index (κ3) is 8.50. The van der Waals surface area contributed by atoms with Crippen molar-refractivity contribution in [2.75, 3.05) is 13.2 Å². The van der Waals surface area contributed by atoms with Crippen LogP contribution in [0.3, 0.4) is 0 Å². The molecule has 0 atom stereocenters. The van der Waals surface area contributed by atoms with Crippen LogP contribution >= 0.6 is 45.3 Å². The van der Waals surface area contributed by atoms with E-state index in [9.17, 15) is 0 Å². The lowest BCUT2D eigenvalue weighted by molar-refractivity contribution is 0.312. The fourth-order valence-electron chi connectivity index (χ4n) is 7.09. The molecule has 0 radical (unpaired) electrons. The van der Waals surface area contributed by atoms with Gasteiger partial charge in [-0.25, -0.2) is 8.78 Å². The lowest BCUT2D eigenvalue weighted by Crippen LogP contribution is -2.02. The smallest absolute Gasteiger partial charge is 0.170 e. The number of ether oxygens (including phenoxy) is 2. The van der Waals surface area contributed by atoms with Gasteiger partial charge in [0, 0.05) is 40.0 Å². The number of hydrogen-bond donors (Lipinski definition) is 0. The number of aryl methyl sites for hydroxylation is 3. The van der Waals surface area contributed by atoms with E-state index in [1.807, 2.05) is 31.2 Å². The van der Waals surface area contributed by atoms with Crippen molar-refractivity contribution in [1.82, 2.24) is 15.0 Å². The van der Waals surface area contributed by atoms with Gasteiger partial charge in [-0.3, -0.25) is 0 Å². The topological polar surface area (TPSA) is 49.2 Å². The summed E-state index contributed by atoms with van der Waals surface area (Å²) < 4.78 is 48.1. The van der Waals surface area contributed by atoms with Crippen LogP contribution < -0.4 is 9.47 Å². The molecule has 0 bridgehead atoms. The van der Waals surface area contributed by atoms with Crippen LogP contribution in [0.15, 0.2) is 36.4 Å². The average Bonchev–Trinajstić information content (AvgIpc) is 4.02. The molecule has 5 heterocycles. The lowest BCUT2D eigenvalue weighted by atomic mass is 10.0. The molecule has 55 heavy (non-hydrogen) atoms. The Hall–Kier alpha value is -3.38. The summed E-state index contributed by atoms with van der Waals surface area (Å²) in [5, 5.41) is 11.8. The van der Waals surface area contributed by atoms with E-state index in [1.165, 1.54) is 66.1 Å². The second-order valence-electron chi connectivity index (χ2n) is 14.4. The molecule has 0 saturated carbocycles. The van der Waals surface area contributed by atoms with Gasteiger partial charge in [-0.1, -0.05) is 78.6 Å². The van der Waals surface area contributed by atoms with Crippen molar-refractivity contribution in [3.8, 4) is 42.1 Å². The molecule has 0 aliphatic heterocycles. The number of halogens is 2. The van der Waals surface area contributed by atoms with Gasteiger partial charge >= 0.3 is 0 Å². The molecular formula is C44H51F2N3O2S4. The Morgan fingerprint density at radius 1 is 0.545 bits per heavy atom. The number of fused-ring (bicyclic) bond motifs is 3. The molecule has 5 aromatic heterocycles. The maximum atomic E-state index is 16.5. The van der Waals surface area contributed by atoms with E-state index in [-0.39, 0.29) is 11.1 Å². The molecular weight excluding hydrogens is 769 g/mol. The fraction of sp³-hybridized carbons (Fsp3) is 0.455. The molecule has 0 aliphatic carbocycles. The van der Waals surface area contributed by atoms with Crippen LogP contribution in [0.1, 0.15) is 108 Å². The molecule has 292 valence electrons. The number of unbranched alkanes of at least 4 members (excludes halogenated alkanes) is 9. The maximum Gasteiger partial charge on any atom is 0.170 e. The van der Waals surface area contributed by atoms with Crippen LogP contribution in [-0.2, 0) is 6.54 Å². The second kappa shape index (κ2) is 18.3. The molecule has 11 heteroatoms. The van der Waals surface area contributed by atoms with Crippen molar-refractivity contribution < 1.29 is 18.3 Å². The van der Waals surface area contributed by atoms with Crippen molar-refractivity contribution in [2.45, 2.75) is 118 Å². The number of hydrogen-bond acceptors (Lipinski definition) is 8. The van der Waals surface area contributed by atoms with E-state index in [0.29, 0.717) is 40.5 Å². The van der Waals surface area contributed by atoms with E-state index in [1.54, 1.807) is 27.5 Å². The highest BCUT2D eigenvalue weighted by Gasteiger charge is 2.28. The zero-order valence-electron chi connectivity index (χ0n) is 32.6. The number of aromatic nitrogens is 3. The molecule has 0 aliphatic rings. The number of rotatable bonds is 20. The third-order valence-corrected chi connectivity index (χ3v) is 14.5. The first-order chi connectivity index (χ1) is 26.8. The molecule has 7 aromatic rings. The molecule has 0 amide bonds. The van der Waals surface area contributed by atoms with Crippen molar-refractivity contribution in [1.29, 1.82) is 0 Å². The third-order valence-electron chi connectivity index (χ3n) is 10.0. The van der Waals surface area contributed by atoms with Crippen LogP contribution in [0, 0.1) is 25.5 Å². The zero-order chi connectivity index (χ0) is 38.5. The van der Waals surface area contributed by atoms with Crippen LogP contribution in [-0.4, -0.2) is 28.2 Å². The molecule has 7 rings (SSSR count). The minimum atomic E-state index is -0.883. The van der Waals surface area contributed by atoms with Gasteiger partial charge in [0.05, 0.1) is 40.3 Å². The number of nitrogens with zero attached hydrogens (tertiary/aromatic N) is 3. The minimum absolute atomic E-state index is 0.173. The minimum Gasteiger partial charge on any atom is -0.491 e. The van der Waals surface area contributed by atoms with Gasteiger partial charge in [0.25, 0.3) is 0 Å². The quantitative estimate of drug-likeness (QED) is 0.0719. The summed E-state index contributed by atoms with van der Waals surface area (Å²) in [6.07, 6.45) is 13.5. The van der Waals surface area contributed by atoms with Crippen molar-refractivity contribution in [3.05, 3.63) is 57.8 Å². The molecule has 5 nitrogen and oxygen atoms in total. The summed E-state index contributed by atoms with van der Waals surface area (Å²) >= 11 is 6.30. The van der Waals surface area contributed by atoms with Crippen molar-refractivity contribution in [3.63, 3.8) is 0 Å². The number of thiophene rings is 4. The van der Waals surface area contributed by atoms with E-state index >= 15 is 8.78 Å². The Bertz CT molecular complexity index is 2320. The fourth-order valence-corrected chi connectivity index (χ4v) is 11.3. The van der Waals surface area contributed by atoms with Gasteiger partial charge in [0.15, 0.2) is 11.6 Å². The van der Waals surface area contributed by atoms with Crippen LogP contribution in [0.4, 0.5) is 8.78 Å². The maximum absolute atomic E-state index is 16.5. The van der Waals surface area contributed by atoms with Crippen LogP contribution in [0.25, 0.3) is 61.8 Å². The van der Waals surface area contributed by atoms with Gasteiger partial charge < -0.3 is 9.47 Å². The van der Waals surface area contributed by atoms with Gasteiger partial charge in [-0.2, -0.15) is 15.0 Å². The Morgan fingerprint density at radius 2 is 1.07 bits per heavy atom. The summed E-state index contributed by atoms with van der Waals surface area (Å²) in [4.78, 5) is 7.17. The standard InChI is InChI=1S/C44H51F2N3O2S4/c1-6-9-12-13-14-15-16-17-22-49-47-39-35(32-19-18-27(4)52-32)37(45)38(46)36(40(39)48-49)33-21-20-31(54-33)34-26-30-42(51-24-11-8-3)43-29(25-28(5)53-43)41(44(30)55-34)50-23-10-7-2/h18-21,25-26H,6-17,22-24H2,1-5H3. The van der Waals surface area contributed by atoms with Gasteiger partial charge in [-0.15, -0.1) is 45.3 Å². The molecule has 0 spiro atoms. The molecule has 0 saturated heterocycles. The molecule has 0 N–H and O–H groups in total. The van der Waals surface area contributed by atoms with Crippen molar-refractivity contribution >= 4 is 76.6 Å². The lowest BCUT2D eigenvalue weighted by Gasteiger charge is -2.13. The van der Waals surface area contributed by atoms with E-state index in [0.717, 1.165) is 84.8 Å². The first-order valence-electron chi connectivity index (χ1n) is 20.0. The predicted molar refractivity (Wildman–Crippen MR) is 233 cm³/mol. The first kappa shape index (κ1) is 39.8. The van der Waals surface area contributed by atoms with E-state index in [2.05, 4.69) is 39.8 Å². The van der Waals surface area contributed by atoms with Gasteiger partial charge in [0.2, 0.25) is 0 Å². The summed E-state index contributed by atoms with van der Waals surface area (Å²) in [5.41, 5.74) is 1.18. The summed E-state index contributed by atoms with van der Waals surface area (Å²) in [7, 11) is 0. The summed E-state index contributed by atoms with van der Waals surface area (Å²) in [6, 6.07) is 12.1. The normalized spacial score (nSPS) is 11.9. The Morgan fingerprint density at radius 3 is 1.67 bits per heavy atom. The molecule has 2 aromatic carbocycles. The Kier molecular flexibility index (Phi) is 13.2. The first-order valence-corrected chi connectivity index (χ1v) is 23.3. The Balaban J connectivity index is 1.27. The number of benzene rings is 2. The molecule has 0 unspecified atom stereocenters. The highest BCUT2D eigenvalue weighted by Crippen LogP contribution is 2.52. The van der Waals surface area contributed by atoms with Gasteiger partial charge in [0.1, 0.15) is 22.5 Å².